The van der Waals surface area contributed by atoms with Crippen molar-refractivity contribution in [1.82, 2.24) is 9.71 Å². The van der Waals surface area contributed by atoms with Gasteiger partial charge in [0.05, 0.1) is 18.5 Å². The van der Waals surface area contributed by atoms with Gasteiger partial charge in [0.25, 0.3) is 10.0 Å². The highest BCUT2D eigenvalue weighted by molar-refractivity contribution is 9.10. The summed E-state index contributed by atoms with van der Waals surface area (Å²) in [6.07, 6.45) is 2.71. The Morgan fingerprint density at radius 3 is 2.79 bits per heavy atom. The summed E-state index contributed by atoms with van der Waals surface area (Å²) in [5, 5.41) is 0.689. The van der Waals surface area contributed by atoms with Crippen molar-refractivity contribution >= 4 is 42.8 Å². The average molecular weight is 461 g/mol. The Labute approximate surface area is 171 Å². The molecule has 0 bridgehead atoms. The Kier molecular flexibility index (Phi) is 4.84. The number of amides is 1. The van der Waals surface area contributed by atoms with Crippen LogP contribution in [0.3, 0.4) is 0 Å². The van der Waals surface area contributed by atoms with Gasteiger partial charge in [-0.25, -0.2) is 13.1 Å². The number of nitrogens with one attached hydrogen (secondary N) is 1. The molecule has 0 fully saturated rings. The molecule has 8 heteroatoms. The lowest BCUT2D eigenvalue weighted by Gasteiger charge is -2.16. The zero-order chi connectivity index (χ0) is 19.9. The minimum Gasteiger partial charge on any atom is -0.496 e. The largest absolute Gasteiger partial charge is 0.496 e. The number of sulfonamides is 1. The molecule has 3 aromatic rings. The summed E-state index contributed by atoms with van der Waals surface area (Å²) < 4.78 is 34.4. The number of para-hydroxylation sites is 1. The van der Waals surface area contributed by atoms with E-state index in [0.717, 1.165) is 15.6 Å². The summed E-state index contributed by atoms with van der Waals surface area (Å²) in [5.41, 5.74) is 2.04. The van der Waals surface area contributed by atoms with Gasteiger partial charge in [-0.05, 0) is 42.7 Å². The summed E-state index contributed by atoms with van der Waals surface area (Å²) in [6, 6.07) is 12.0. The van der Waals surface area contributed by atoms with Gasteiger partial charge in [0.2, 0.25) is 5.91 Å². The third-order valence-electron chi connectivity index (χ3n) is 4.95. The molecule has 1 aliphatic rings. The van der Waals surface area contributed by atoms with Crippen molar-refractivity contribution < 1.29 is 17.9 Å². The van der Waals surface area contributed by atoms with Crippen LogP contribution in [0.4, 0.5) is 0 Å². The summed E-state index contributed by atoms with van der Waals surface area (Å²) in [6.45, 7) is 0. The van der Waals surface area contributed by atoms with Crippen LogP contribution in [0.5, 0.6) is 5.75 Å². The number of aromatic nitrogens is 1. The number of rotatable bonds is 4. The molecule has 6 nitrogen and oxygen atoms in total. The first kappa shape index (κ1) is 18.9. The quantitative estimate of drug-likeness (QED) is 0.643. The van der Waals surface area contributed by atoms with Crippen LogP contribution in [-0.2, 0) is 21.2 Å². The highest BCUT2D eigenvalue weighted by Crippen LogP contribution is 2.43. The molecule has 1 amide bonds. The molecule has 1 aliphatic carbocycles. The van der Waals surface area contributed by atoms with Gasteiger partial charge in [-0.15, -0.1) is 0 Å². The van der Waals surface area contributed by atoms with Crippen LogP contribution in [0, 0.1) is 0 Å². The molecule has 1 unspecified atom stereocenters. The van der Waals surface area contributed by atoms with Gasteiger partial charge in [-0.3, -0.25) is 9.78 Å². The summed E-state index contributed by atoms with van der Waals surface area (Å²) in [7, 11) is -2.53. The Morgan fingerprint density at radius 1 is 1.21 bits per heavy atom. The summed E-state index contributed by atoms with van der Waals surface area (Å²) >= 11 is 3.50. The Balaban J connectivity index is 1.70. The third kappa shape index (κ3) is 3.16. The van der Waals surface area contributed by atoms with Crippen molar-refractivity contribution in [1.29, 1.82) is 0 Å². The van der Waals surface area contributed by atoms with Gasteiger partial charge in [-0.1, -0.05) is 34.1 Å². The van der Waals surface area contributed by atoms with Crippen molar-refractivity contribution in [3.63, 3.8) is 0 Å². The van der Waals surface area contributed by atoms with E-state index in [1.54, 1.807) is 30.3 Å². The van der Waals surface area contributed by atoms with Crippen LogP contribution in [0.15, 0.2) is 58.0 Å². The molecule has 1 heterocycles. The molecule has 1 atom stereocenters. The van der Waals surface area contributed by atoms with Crippen LogP contribution in [-0.4, -0.2) is 26.4 Å². The maximum atomic E-state index is 12.9. The van der Waals surface area contributed by atoms with Gasteiger partial charge in [-0.2, -0.15) is 0 Å². The first-order chi connectivity index (χ1) is 13.4. The SMILES string of the molecule is COc1ccc(Br)c2c1C(C(=O)NS(=O)(=O)c1cccc3cccnc13)CC2. The molecule has 1 aromatic heterocycles. The fourth-order valence-electron chi connectivity index (χ4n) is 3.68. The predicted molar refractivity (Wildman–Crippen MR) is 109 cm³/mol. The minimum absolute atomic E-state index is 0.0154. The van der Waals surface area contributed by atoms with Crippen molar-refractivity contribution in [2.45, 2.75) is 23.7 Å². The highest BCUT2D eigenvalue weighted by Gasteiger charge is 2.35. The summed E-state index contributed by atoms with van der Waals surface area (Å²) in [5.74, 6) is -0.580. The molecular weight excluding hydrogens is 444 g/mol. The van der Waals surface area contributed by atoms with Crippen molar-refractivity contribution in [2.24, 2.45) is 0 Å². The highest BCUT2D eigenvalue weighted by atomic mass is 79.9. The zero-order valence-electron chi connectivity index (χ0n) is 15.0. The molecular formula is C20H17BrN2O4S. The molecule has 4 rings (SSSR count). The second-order valence-electron chi connectivity index (χ2n) is 6.53. The molecule has 0 radical (unpaired) electrons. The number of carbonyl (C=O) groups excluding carboxylic acids is 1. The number of ether oxygens (including phenoxy) is 1. The lowest BCUT2D eigenvalue weighted by molar-refractivity contribution is -0.120. The summed E-state index contributed by atoms with van der Waals surface area (Å²) in [4.78, 5) is 17.1. The minimum atomic E-state index is -4.07. The van der Waals surface area contributed by atoms with Crippen LogP contribution < -0.4 is 9.46 Å². The monoisotopic (exact) mass is 460 g/mol. The molecule has 0 spiro atoms. The topological polar surface area (TPSA) is 85.4 Å². The van der Waals surface area contributed by atoms with E-state index in [-0.39, 0.29) is 4.90 Å². The van der Waals surface area contributed by atoms with Crippen LogP contribution >= 0.6 is 15.9 Å². The number of halogens is 1. The van der Waals surface area contributed by atoms with E-state index in [2.05, 4.69) is 25.6 Å². The Morgan fingerprint density at radius 2 is 2.00 bits per heavy atom. The van der Waals surface area contributed by atoms with E-state index in [9.17, 15) is 13.2 Å². The van der Waals surface area contributed by atoms with E-state index in [0.29, 0.717) is 29.5 Å². The number of pyridine rings is 1. The van der Waals surface area contributed by atoms with E-state index in [1.165, 1.54) is 19.4 Å². The first-order valence-electron chi connectivity index (χ1n) is 8.68. The van der Waals surface area contributed by atoms with Gasteiger partial charge >= 0.3 is 0 Å². The fourth-order valence-corrected chi connectivity index (χ4v) is 5.42. The second-order valence-corrected chi connectivity index (χ2v) is 9.04. The number of hydrogen-bond acceptors (Lipinski definition) is 5. The molecule has 144 valence electrons. The van der Waals surface area contributed by atoms with Crippen LogP contribution in [0.2, 0.25) is 0 Å². The molecule has 0 aliphatic heterocycles. The smallest absolute Gasteiger partial charge is 0.266 e. The van der Waals surface area contributed by atoms with E-state index >= 15 is 0 Å². The number of carbonyl (C=O) groups is 1. The molecule has 0 saturated heterocycles. The maximum Gasteiger partial charge on any atom is 0.266 e. The first-order valence-corrected chi connectivity index (χ1v) is 11.0. The van der Waals surface area contributed by atoms with E-state index in [4.69, 9.17) is 4.74 Å². The standard InChI is InChI=1S/C20H17BrN2O4S/c1-27-16-10-9-15(21)13-7-8-14(18(13)16)20(24)23-28(25,26)17-6-2-4-12-5-3-11-22-19(12)17/h2-6,9-11,14H,7-8H2,1H3,(H,23,24). The van der Waals surface area contributed by atoms with Crippen molar-refractivity contribution in [3.05, 3.63) is 64.3 Å². The maximum absolute atomic E-state index is 12.9. The van der Waals surface area contributed by atoms with Gasteiger partial charge < -0.3 is 4.74 Å². The number of methoxy groups -OCH3 is 1. The number of benzene rings is 2. The molecule has 0 saturated carbocycles. The zero-order valence-corrected chi connectivity index (χ0v) is 17.4. The molecule has 28 heavy (non-hydrogen) atoms. The van der Waals surface area contributed by atoms with Gasteiger partial charge in [0, 0.05) is 21.6 Å². The van der Waals surface area contributed by atoms with Gasteiger partial charge in [0.15, 0.2) is 0 Å². The third-order valence-corrected chi connectivity index (χ3v) is 7.07. The Hall–Kier alpha value is -2.45. The van der Waals surface area contributed by atoms with Crippen molar-refractivity contribution in [2.75, 3.05) is 7.11 Å². The number of nitrogens with zero attached hydrogens (tertiary/aromatic N) is 1. The second kappa shape index (κ2) is 7.18. The van der Waals surface area contributed by atoms with E-state index in [1.807, 2.05) is 6.07 Å². The van der Waals surface area contributed by atoms with Gasteiger partial charge in [0.1, 0.15) is 10.6 Å². The van der Waals surface area contributed by atoms with Crippen LogP contribution in [0.25, 0.3) is 10.9 Å². The molecule has 2 aromatic carbocycles. The fraction of sp³-hybridized carbons (Fsp3) is 0.200. The number of fused-ring (bicyclic) bond motifs is 2. The number of hydrogen-bond donors (Lipinski definition) is 1. The van der Waals surface area contributed by atoms with Crippen molar-refractivity contribution in [3.8, 4) is 5.75 Å². The lowest BCUT2D eigenvalue weighted by atomic mass is 10.00. The van der Waals surface area contributed by atoms with Crippen LogP contribution in [0.1, 0.15) is 23.5 Å². The molecule has 1 N–H and O–H groups in total. The normalized spacial score (nSPS) is 16.0. The van der Waals surface area contributed by atoms with E-state index < -0.39 is 21.8 Å². The predicted octanol–water partition coefficient (Wildman–Crippen LogP) is 3.54. The Bertz CT molecular complexity index is 1190. The lowest BCUT2D eigenvalue weighted by Crippen LogP contribution is -2.34. The average Bonchev–Trinajstić information content (AvgIpc) is 3.14.